The highest BCUT2D eigenvalue weighted by Crippen LogP contribution is 2.28. The van der Waals surface area contributed by atoms with Crippen LogP contribution in [0.4, 0.5) is 5.13 Å². The molecule has 3 rings (SSSR count). The fraction of sp³-hybridized carbons (Fsp3) is 0.158. The van der Waals surface area contributed by atoms with Crippen molar-refractivity contribution in [3.8, 4) is 0 Å². The summed E-state index contributed by atoms with van der Waals surface area (Å²) in [5.74, 6) is -0.405. The number of amides is 1. The molecule has 1 aromatic heterocycles. The molecular formula is C19H18N2OS. The van der Waals surface area contributed by atoms with Crippen molar-refractivity contribution in [2.75, 3.05) is 5.32 Å². The summed E-state index contributed by atoms with van der Waals surface area (Å²) >= 11 is 1.51. The van der Waals surface area contributed by atoms with Gasteiger partial charge in [-0.05, 0) is 25.0 Å². The van der Waals surface area contributed by atoms with Crippen molar-refractivity contribution >= 4 is 22.4 Å². The topological polar surface area (TPSA) is 42.0 Å². The molecule has 3 nitrogen and oxygen atoms in total. The van der Waals surface area contributed by atoms with Gasteiger partial charge in [-0.2, -0.15) is 0 Å². The highest BCUT2D eigenvalue weighted by atomic mass is 32.1. The van der Waals surface area contributed by atoms with Gasteiger partial charge in [0.05, 0.1) is 11.6 Å². The van der Waals surface area contributed by atoms with Gasteiger partial charge in [-0.1, -0.05) is 60.7 Å². The highest BCUT2D eigenvalue weighted by Gasteiger charge is 2.23. The molecule has 0 radical (unpaired) electrons. The molecule has 0 aliphatic carbocycles. The highest BCUT2D eigenvalue weighted by molar-refractivity contribution is 7.15. The van der Waals surface area contributed by atoms with E-state index in [-0.39, 0.29) is 11.8 Å². The van der Waals surface area contributed by atoms with Gasteiger partial charge < -0.3 is 5.32 Å². The van der Waals surface area contributed by atoms with E-state index in [0.29, 0.717) is 5.13 Å². The number of nitrogens with one attached hydrogen (secondary N) is 1. The van der Waals surface area contributed by atoms with Crippen molar-refractivity contribution in [2.45, 2.75) is 19.8 Å². The molecular weight excluding hydrogens is 304 g/mol. The molecule has 3 aromatic rings. The van der Waals surface area contributed by atoms with E-state index in [1.54, 1.807) is 0 Å². The minimum atomic E-state index is -0.345. The first kappa shape index (κ1) is 15.4. The molecule has 0 bridgehead atoms. The fourth-order valence-electron chi connectivity index (χ4n) is 2.49. The monoisotopic (exact) mass is 322 g/mol. The summed E-state index contributed by atoms with van der Waals surface area (Å²) in [7, 11) is 0. The molecule has 1 N–H and O–H groups in total. The van der Waals surface area contributed by atoms with Gasteiger partial charge in [0.1, 0.15) is 0 Å². The van der Waals surface area contributed by atoms with Gasteiger partial charge in [0, 0.05) is 4.88 Å². The van der Waals surface area contributed by atoms with Crippen molar-refractivity contribution in [1.82, 2.24) is 4.98 Å². The molecule has 0 aliphatic heterocycles. The second-order valence-corrected chi connectivity index (χ2v) is 6.61. The zero-order valence-corrected chi connectivity index (χ0v) is 13.9. The largest absolute Gasteiger partial charge is 0.301 e. The van der Waals surface area contributed by atoms with Crippen LogP contribution in [-0.4, -0.2) is 10.9 Å². The maximum Gasteiger partial charge on any atom is 0.238 e. The lowest BCUT2D eigenvalue weighted by molar-refractivity contribution is -0.116. The van der Waals surface area contributed by atoms with Crippen molar-refractivity contribution in [1.29, 1.82) is 0 Å². The Kier molecular flexibility index (Phi) is 4.53. The van der Waals surface area contributed by atoms with E-state index < -0.39 is 0 Å². The first-order chi connectivity index (χ1) is 11.1. The standard InChI is InChI=1S/C19H18N2OS/c1-13-14(2)23-19(20-13)21-18(22)17(15-9-5-3-6-10-15)16-11-7-4-8-12-16/h3-12,17H,1-2H3,(H,20,21,22). The van der Waals surface area contributed by atoms with Crippen molar-refractivity contribution in [3.05, 3.63) is 82.4 Å². The Morgan fingerprint density at radius 3 is 1.91 bits per heavy atom. The third-order valence-corrected chi connectivity index (χ3v) is 4.77. The van der Waals surface area contributed by atoms with Crippen molar-refractivity contribution < 1.29 is 4.79 Å². The van der Waals surface area contributed by atoms with Crippen LogP contribution in [0.2, 0.25) is 0 Å². The van der Waals surface area contributed by atoms with Crippen molar-refractivity contribution in [3.63, 3.8) is 0 Å². The summed E-state index contributed by atoms with van der Waals surface area (Å²) in [6.45, 7) is 3.96. The molecule has 23 heavy (non-hydrogen) atoms. The average Bonchev–Trinajstić information content (AvgIpc) is 2.87. The van der Waals surface area contributed by atoms with E-state index in [9.17, 15) is 4.79 Å². The summed E-state index contributed by atoms with van der Waals surface area (Å²) in [5.41, 5.74) is 2.91. The van der Waals surface area contributed by atoms with Crippen LogP contribution in [0.1, 0.15) is 27.6 Å². The Balaban J connectivity index is 1.93. The van der Waals surface area contributed by atoms with Gasteiger partial charge in [-0.3, -0.25) is 4.79 Å². The van der Waals surface area contributed by atoms with Gasteiger partial charge in [-0.25, -0.2) is 4.98 Å². The summed E-state index contributed by atoms with van der Waals surface area (Å²) in [6, 6.07) is 19.7. The van der Waals surface area contributed by atoms with Crippen molar-refractivity contribution in [2.24, 2.45) is 0 Å². The molecule has 0 saturated heterocycles. The number of benzene rings is 2. The van der Waals surface area contributed by atoms with Gasteiger partial charge in [0.25, 0.3) is 0 Å². The van der Waals surface area contributed by atoms with Crippen LogP contribution in [0, 0.1) is 13.8 Å². The molecule has 0 fully saturated rings. The Morgan fingerprint density at radius 1 is 0.957 bits per heavy atom. The first-order valence-electron chi connectivity index (χ1n) is 7.50. The van der Waals surface area contributed by atoms with Crippen LogP contribution < -0.4 is 5.32 Å². The second-order valence-electron chi connectivity index (χ2n) is 5.40. The van der Waals surface area contributed by atoms with Crippen LogP contribution in [0.5, 0.6) is 0 Å². The zero-order valence-electron chi connectivity index (χ0n) is 13.1. The van der Waals surface area contributed by atoms with Gasteiger partial charge in [-0.15, -0.1) is 11.3 Å². The van der Waals surface area contributed by atoms with Crippen LogP contribution in [-0.2, 0) is 4.79 Å². The third-order valence-electron chi connectivity index (χ3n) is 3.79. The molecule has 0 saturated carbocycles. The maximum absolute atomic E-state index is 12.9. The lowest BCUT2D eigenvalue weighted by Gasteiger charge is -2.17. The number of hydrogen-bond acceptors (Lipinski definition) is 3. The van der Waals surface area contributed by atoms with E-state index >= 15 is 0 Å². The normalized spacial score (nSPS) is 10.7. The molecule has 2 aromatic carbocycles. The fourth-order valence-corrected chi connectivity index (χ4v) is 3.31. The maximum atomic E-state index is 12.9. The summed E-state index contributed by atoms with van der Waals surface area (Å²) in [6.07, 6.45) is 0. The summed E-state index contributed by atoms with van der Waals surface area (Å²) in [4.78, 5) is 18.4. The number of carbonyl (C=O) groups is 1. The predicted molar refractivity (Wildman–Crippen MR) is 94.9 cm³/mol. The number of aromatic nitrogens is 1. The lowest BCUT2D eigenvalue weighted by atomic mass is 9.90. The molecule has 1 heterocycles. The number of rotatable bonds is 4. The Hall–Kier alpha value is -2.46. The van der Waals surface area contributed by atoms with Gasteiger partial charge >= 0.3 is 0 Å². The van der Waals surface area contributed by atoms with E-state index in [2.05, 4.69) is 10.3 Å². The lowest BCUT2D eigenvalue weighted by Crippen LogP contribution is -2.22. The molecule has 116 valence electrons. The number of nitrogens with zero attached hydrogens (tertiary/aromatic N) is 1. The smallest absolute Gasteiger partial charge is 0.238 e. The quantitative estimate of drug-likeness (QED) is 0.767. The van der Waals surface area contributed by atoms with E-state index in [0.717, 1.165) is 21.7 Å². The Bertz CT molecular complexity index is 738. The predicted octanol–water partition coefficient (Wildman–Crippen LogP) is 4.53. The van der Waals surface area contributed by atoms with Gasteiger partial charge in [0.15, 0.2) is 5.13 Å². The van der Waals surface area contributed by atoms with E-state index in [1.807, 2.05) is 74.5 Å². The van der Waals surface area contributed by atoms with Crippen LogP contribution >= 0.6 is 11.3 Å². The average molecular weight is 322 g/mol. The number of aryl methyl sites for hydroxylation is 2. The first-order valence-corrected chi connectivity index (χ1v) is 8.31. The minimum Gasteiger partial charge on any atom is -0.301 e. The Labute approximate surface area is 140 Å². The summed E-state index contributed by atoms with van der Waals surface area (Å²) in [5, 5.41) is 3.62. The number of carbonyl (C=O) groups excluding carboxylic acids is 1. The molecule has 0 spiro atoms. The molecule has 0 aliphatic rings. The molecule has 4 heteroatoms. The van der Waals surface area contributed by atoms with Crippen LogP contribution in [0.25, 0.3) is 0 Å². The zero-order chi connectivity index (χ0) is 16.2. The van der Waals surface area contributed by atoms with E-state index in [1.165, 1.54) is 11.3 Å². The van der Waals surface area contributed by atoms with Gasteiger partial charge in [0.2, 0.25) is 5.91 Å². The number of hydrogen-bond donors (Lipinski definition) is 1. The molecule has 0 atom stereocenters. The summed E-state index contributed by atoms with van der Waals surface area (Å²) < 4.78 is 0. The molecule has 1 amide bonds. The third kappa shape index (κ3) is 3.48. The number of anilines is 1. The minimum absolute atomic E-state index is 0.0591. The Morgan fingerprint density at radius 2 is 1.48 bits per heavy atom. The second kappa shape index (κ2) is 6.75. The van der Waals surface area contributed by atoms with Crippen LogP contribution in [0.15, 0.2) is 60.7 Å². The van der Waals surface area contributed by atoms with Crippen LogP contribution in [0.3, 0.4) is 0 Å². The molecule has 0 unspecified atom stereocenters. The SMILES string of the molecule is Cc1nc(NC(=O)C(c2ccccc2)c2ccccc2)sc1C. The van der Waals surface area contributed by atoms with E-state index in [4.69, 9.17) is 0 Å². The number of thiazole rings is 1.